The lowest BCUT2D eigenvalue weighted by Crippen LogP contribution is -2.32. The SMILES string of the molecule is OB(O)c1ccc(OCc2ccc(Cl)cc2F)cc1F. The van der Waals surface area contributed by atoms with Crippen LogP contribution in [0, 0.1) is 11.6 Å². The third-order valence-corrected chi connectivity index (χ3v) is 2.89. The highest BCUT2D eigenvalue weighted by Crippen LogP contribution is 2.18. The van der Waals surface area contributed by atoms with Crippen molar-refractivity contribution in [3.05, 3.63) is 58.6 Å². The van der Waals surface area contributed by atoms with Crippen molar-refractivity contribution in [2.75, 3.05) is 0 Å². The molecule has 2 N–H and O–H groups in total. The Balaban J connectivity index is 2.09. The molecule has 2 aromatic carbocycles. The molecule has 7 heteroatoms. The van der Waals surface area contributed by atoms with Crippen molar-refractivity contribution in [1.82, 2.24) is 0 Å². The summed E-state index contributed by atoms with van der Waals surface area (Å²) in [6, 6.07) is 7.71. The van der Waals surface area contributed by atoms with Crippen LogP contribution in [0.1, 0.15) is 5.56 Å². The van der Waals surface area contributed by atoms with Gasteiger partial charge in [-0.15, -0.1) is 0 Å². The first-order valence-electron chi connectivity index (χ1n) is 5.69. The zero-order valence-corrected chi connectivity index (χ0v) is 10.9. The minimum atomic E-state index is -1.89. The Bertz CT molecular complexity index is 623. The molecule has 0 amide bonds. The van der Waals surface area contributed by atoms with E-state index in [4.69, 9.17) is 26.4 Å². The van der Waals surface area contributed by atoms with Gasteiger partial charge in [-0.25, -0.2) is 8.78 Å². The predicted octanol–water partition coefficient (Wildman–Crippen LogP) is 1.88. The fourth-order valence-electron chi connectivity index (χ4n) is 1.61. The molecule has 0 spiro atoms. The van der Waals surface area contributed by atoms with Gasteiger partial charge in [0.1, 0.15) is 24.0 Å². The van der Waals surface area contributed by atoms with Crippen LogP contribution in [0.15, 0.2) is 36.4 Å². The normalized spacial score (nSPS) is 10.4. The molecule has 2 aromatic rings. The van der Waals surface area contributed by atoms with Crippen LogP contribution in [0.4, 0.5) is 8.78 Å². The molecule has 0 aliphatic rings. The van der Waals surface area contributed by atoms with Gasteiger partial charge in [0, 0.05) is 22.1 Å². The number of benzene rings is 2. The lowest BCUT2D eigenvalue weighted by atomic mass is 9.80. The van der Waals surface area contributed by atoms with Gasteiger partial charge in [0.05, 0.1) is 0 Å². The predicted molar refractivity (Wildman–Crippen MR) is 72.0 cm³/mol. The highest BCUT2D eigenvalue weighted by Gasteiger charge is 2.16. The highest BCUT2D eigenvalue weighted by atomic mass is 35.5. The van der Waals surface area contributed by atoms with Crippen LogP contribution in [0.2, 0.25) is 5.02 Å². The standard InChI is InChI=1S/C13H10BClF2O3/c15-9-2-1-8(12(16)5-9)7-20-10-3-4-11(14(18)19)13(17)6-10/h1-6,18-19H,7H2. The molecular formula is C13H10BClF2O3. The van der Waals surface area contributed by atoms with Crippen LogP contribution in [0.5, 0.6) is 5.75 Å². The van der Waals surface area contributed by atoms with Crippen LogP contribution in [-0.4, -0.2) is 17.2 Å². The van der Waals surface area contributed by atoms with Gasteiger partial charge in [0.15, 0.2) is 0 Å². The van der Waals surface area contributed by atoms with Crippen LogP contribution >= 0.6 is 11.6 Å². The van der Waals surface area contributed by atoms with Crippen molar-refractivity contribution in [1.29, 1.82) is 0 Å². The molecule has 0 heterocycles. The third kappa shape index (κ3) is 3.48. The summed E-state index contributed by atoms with van der Waals surface area (Å²) in [6.07, 6.45) is 0. The molecule has 0 bridgehead atoms. The molecule has 0 saturated carbocycles. The lowest BCUT2D eigenvalue weighted by Gasteiger charge is -2.09. The van der Waals surface area contributed by atoms with Gasteiger partial charge in [0.25, 0.3) is 0 Å². The van der Waals surface area contributed by atoms with Crippen molar-refractivity contribution in [3.63, 3.8) is 0 Å². The topological polar surface area (TPSA) is 49.7 Å². The van der Waals surface area contributed by atoms with E-state index in [-0.39, 0.29) is 28.4 Å². The molecule has 0 unspecified atom stereocenters. The van der Waals surface area contributed by atoms with Gasteiger partial charge >= 0.3 is 7.12 Å². The van der Waals surface area contributed by atoms with E-state index in [1.54, 1.807) is 0 Å². The van der Waals surface area contributed by atoms with E-state index in [1.165, 1.54) is 24.3 Å². The van der Waals surface area contributed by atoms with E-state index in [2.05, 4.69) is 0 Å². The van der Waals surface area contributed by atoms with E-state index in [0.717, 1.165) is 12.1 Å². The molecule has 0 aliphatic heterocycles. The molecule has 0 radical (unpaired) electrons. The summed E-state index contributed by atoms with van der Waals surface area (Å²) in [6.45, 7) is -0.0938. The van der Waals surface area contributed by atoms with Crippen LogP contribution in [0.25, 0.3) is 0 Å². The fourth-order valence-corrected chi connectivity index (χ4v) is 1.77. The second-order valence-electron chi connectivity index (χ2n) is 4.08. The first-order chi connectivity index (χ1) is 9.47. The number of halogens is 3. The summed E-state index contributed by atoms with van der Waals surface area (Å²) in [4.78, 5) is 0. The minimum Gasteiger partial charge on any atom is -0.489 e. The zero-order valence-electron chi connectivity index (χ0n) is 10.2. The molecule has 0 aromatic heterocycles. The molecular weight excluding hydrogens is 288 g/mol. The summed E-state index contributed by atoms with van der Waals surface area (Å²) >= 11 is 5.62. The van der Waals surface area contributed by atoms with Crippen molar-refractivity contribution in [2.24, 2.45) is 0 Å². The van der Waals surface area contributed by atoms with E-state index < -0.39 is 18.8 Å². The van der Waals surface area contributed by atoms with Crippen molar-refractivity contribution < 1.29 is 23.6 Å². The largest absolute Gasteiger partial charge is 0.491 e. The Labute approximate surface area is 119 Å². The van der Waals surface area contributed by atoms with Crippen LogP contribution < -0.4 is 10.2 Å². The number of rotatable bonds is 4. The van der Waals surface area contributed by atoms with Gasteiger partial charge in [-0.05, 0) is 18.2 Å². The molecule has 0 atom stereocenters. The van der Waals surface area contributed by atoms with E-state index in [1.807, 2.05) is 0 Å². The maximum absolute atomic E-state index is 13.5. The summed E-state index contributed by atoms with van der Waals surface area (Å²) < 4.78 is 32.2. The van der Waals surface area contributed by atoms with E-state index in [0.29, 0.717) is 0 Å². The molecule has 0 fully saturated rings. The van der Waals surface area contributed by atoms with Crippen molar-refractivity contribution in [2.45, 2.75) is 6.61 Å². The molecule has 104 valence electrons. The summed E-state index contributed by atoms with van der Waals surface area (Å²) in [5, 5.41) is 18.0. The number of hydrogen-bond acceptors (Lipinski definition) is 3. The Morgan fingerprint density at radius 1 is 1.05 bits per heavy atom. The lowest BCUT2D eigenvalue weighted by molar-refractivity contribution is 0.298. The van der Waals surface area contributed by atoms with Gasteiger partial charge in [-0.2, -0.15) is 0 Å². The monoisotopic (exact) mass is 298 g/mol. The van der Waals surface area contributed by atoms with Crippen LogP contribution in [0.3, 0.4) is 0 Å². The third-order valence-electron chi connectivity index (χ3n) is 2.66. The highest BCUT2D eigenvalue weighted by molar-refractivity contribution is 6.58. The maximum Gasteiger partial charge on any atom is 0.491 e. The smallest absolute Gasteiger partial charge is 0.489 e. The zero-order chi connectivity index (χ0) is 14.7. The van der Waals surface area contributed by atoms with Crippen molar-refractivity contribution >= 4 is 24.2 Å². The second kappa shape index (κ2) is 6.22. The van der Waals surface area contributed by atoms with Gasteiger partial charge < -0.3 is 14.8 Å². The molecule has 3 nitrogen and oxygen atoms in total. The van der Waals surface area contributed by atoms with Gasteiger partial charge in [-0.3, -0.25) is 0 Å². The molecule has 20 heavy (non-hydrogen) atoms. The van der Waals surface area contributed by atoms with Crippen LogP contribution in [-0.2, 0) is 6.61 Å². The summed E-state index contributed by atoms with van der Waals surface area (Å²) in [5.41, 5.74) is 0.0242. The first kappa shape index (κ1) is 14.8. The fraction of sp³-hybridized carbons (Fsp3) is 0.0769. The second-order valence-corrected chi connectivity index (χ2v) is 4.52. The Morgan fingerprint density at radius 2 is 1.80 bits per heavy atom. The molecule has 0 saturated heterocycles. The van der Waals surface area contributed by atoms with Gasteiger partial charge in [0.2, 0.25) is 0 Å². The minimum absolute atomic E-state index is 0.0938. The first-order valence-corrected chi connectivity index (χ1v) is 6.07. The number of ether oxygens (including phenoxy) is 1. The Hall–Kier alpha value is -1.63. The average molecular weight is 298 g/mol. The van der Waals surface area contributed by atoms with Crippen molar-refractivity contribution in [3.8, 4) is 5.75 Å². The van der Waals surface area contributed by atoms with Gasteiger partial charge in [-0.1, -0.05) is 23.7 Å². The average Bonchev–Trinajstić information content (AvgIpc) is 2.37. The van der Waals surface area contributed by atoms with E-state index in [9.17, 15) is 8.78 Å². The summed E-state index contributed by atoms with van der Waals surface area (Å²) in [7, 11) is -1.89. The molecule has 0 aliphatic carbocycles. The maximum atomic E-state index is 13.5. The van der Waals surface area contributed by atoms with E-state index >= 15 is 0 Å². The summed E-state index contributed by atoms with van der Waals surface area (Å²) in [5.74, 6) is -1.17. The number of hydrogen-bond donors (Lipinski definition) is 2. The Morgan fingerprint density at radius 3 is 2.40 bits per heavy atom. The molecule has 2 rings (SSSR count). The quantitative estimate of drug-likeness (QED) is 0.847. The Kier molecular flexibility index (Phi) is 4.59.